The zero-order valence-corrected chi connectivity index (χ0v) is 10.8. The molecule has 0 aliphatic carbocycles. The maximum absolute atomic E-state index is 2.64. The van der Waals surface area contributed by atoms with Crippen LogP contribution in [0, 0.1) is 11.8 Å². The largest absolute Gasteiger partial charge is 0.371 e. The lowest BCUT2D eigenvalue weighted by Crippen LogP contribution is -2.33. The highest BCUT2D eigenvalue weighted by Gasteiger charge is 2.40. The van der Waals surface area contributed by atoms with Crippen LogP contribution in [-0.2, 0) is 0 Å². The monoisotopic (exact) mass is 230 g/mol. The average Bonchev–Trinajstić information content (AvgIpc) is 2.87. The number of anilines is 1. The van der Waals surface area contributed by atoms with E-state index in [4.69, 9.17) is 0 Å². The van der Waals surface area contributed by atoms with Crippen LogP contribution in [0.3, 0.4) is 0 Å². The standard InChI is InChI=1S/C15H22N2/c1-12(2)16-8-13-10-17(11-14(13)9-16)15-6-4-3-5-7-15/h3-7,12-14H,8-11H2,1-2H3. The highest BCUT2D eigenvalue weighted by molar-refractivity contribution is 5.47. The Bertz CT molecular complexity index is 360. The van der Waals surface area contributed by atoms with Crippen LogP contribution in [0.4, 0.5) is 5.69 Å². The first-order chi connectivity index (χ1) is 8.24. The first-order valence-electron chi connectivity index (χ1n) is 6.78. The molecule has 3 rings (SSSR count). The van der Waals surface area contributed by atoms with E-state index in [1.165, 1.54) is 31.9 Å². The fraction of sp³-hybridized carbons (Fsp3) is 0.600. The van der Waals surface area contributed by atoms with Crippen LogP contribution in [0.1, 0.15) is 13.8 Å². The summed E-state index contributed by atoms with van der Waals surface area (Å²) in [6.45, 7) is 9.72. The van der Waals surface area contributed by atoms with Gasteiger partial charge in [0.15, 0.2) is 0 Å². The Hall–Kier alpha value is -1.02. The predicted octanol–water partition coefficient (Wildman–Crippen LogP) is 2.46. The summed E-state index contributed by atoms with van der Waals surface area (Å²) in [5, 5.41) is 0. The van der Waals surface area contributed by atoms with Crippen molar-refractivity contribution in [2.24, 2.45) is 11.8 Å². The van der Waals surface area contributed by atoms with Crippen molar-refractivity contribution >= 4 is 5.69 Å². The molecular weight excluding hydrogens is 208 g/mol. The summed E-state index contributed by atoms with van der Waals surface area (Å²) in [6, 6.07) is 11.6. The van der Waals surface area contributed by atoms with Gasteiger partial charge in [0.05, 0.1) is 0 Å². The highest BCUT2D eigenvalue weighted by Crippen LogP contribution is 2.34. The first-order valence-corrected chi connectivity index (χ1v) is 6.78. The van der Waals surface area contributed by atoms with E-state index in [1.807, 2.05) is 0 Å². The van der Waals surface area contributed by atoms with Crippen LogP contribution >= 0.6 is 0 Å². The molecule has 0 saturated carbocycles. The first kappa shape index (κ1) is 11.1. The molecule has 2 aliphatic heterocycles. The van der Waals surface area contributed by atoms with Gasteiger partial charge in [-0.15, -0.1) is 0 Å². The summed E-state index contributed by atoms with van der Waals surface area (Å²) in [4.78, 5) is 5.20. The summed E-state index contributed by atoms with van der Waals surface area (Å²) in [5.74, 6) is 1.77. The molecule has 2 heteroatoms. The molecule has 2 heterocycles. The zero-order valence-electron chi connectivity index (χ0n) is 10.8. The smallest absolute Gasteiger partial charge is 0.0366 e. The fourth-order valence-electron chi connectivity index (χ4n) is 3.30. The van der Waals surface area contributed by atoms with Gasteiger partial charge in [0.1, 0.15) is 0 Å². The molecule has 0 radical (unpaired) electrons. The highest BCUT2D eigenvalue weighted by atomic mass is 15.2. The van der Waals surface area contributed by atoms with Gasteiger partial charge in [-0.2, -0.15) is 0 Å². The predicted molar refractivity (Wildman–Crippen MR) is 72.3 cm³/mol. The zero-order chi connectivity index (χ0) is 11.8. The fourth-order valence-corrected chi connectivity index (χ4v) is 3.30. The lowest BCUT2D eigenvalue weighted by Gasteiger charge is -2.25. The Kier molecular flexibility index (Phi) is 2.83. The summed E-state index contributed by atoms with van der Waals surface area (Å²) in [6.07, 6.45) is 0. The number of rotatable bonds is 2. The topological polar surface area (TPSA) is 6.48 Å². The maximum Gasteiger partial charge on any atom is 0.0366 e. The van der Waals surface area contributed by atoms with Crippen molar-refractivity contribution in [1.29, 1.82) is 0 Å². The van der Waals surface area contributed by atoms with Gasteiger partial charge in [0, 0.05) is 37.9 Å². The average molecular weight is 230 g/mol. The molecule has 92 valence electrons. The Balaban J connectivity index is 1.66. The molecule has 0 N–H and O–H groups in total. The van der Waals surface area contributed by atoms with E-state index in [0.717, 1.165) is 11.8 Å². The summed E-state index contributed by atoms with van der Waals surface area (Å²) in [7, 11) is 0. The third-order valence-electron chi connectivity index (χ3n) is 4.37. The lowest BCUT2D eigenvalue weighted by atomic mass is 10.0. The van der Waals surface area contributed by atoms with Crippen molar-refractivity contribution in [3.63, 3.8) is 0 Å². The molecule has 2 saturated heterocycles. The third-order valence-corrected chi connectivity index (χ3v) is 4.37. The Labute approximate surface area is 104 Å². The summed E-state index contributed by atoms with van der Waals surface area (Å²) >= 11 is 0. The van der Waals surface area contributed by atoms with Crippen molar-refractivity contribution in [3.05, 3.63) is 30.3 Å². The van der Waals surface area contributed by atoms with Crippen LogP contribution in [0.15, 0.2) is 30.3 Å². The molecule has 1 aromatic carbocycles. The number of fused-ring (bicyclic) bond motifs is 1. The van der Waals surface area contributed by atoms with Gasteiger partial charge in [-0.1, -0.05) is 18.2 Å². The Morgan fingerprint density at radius 3 is 2.06 bits per heavy atom. The van der Waals surface area contributed by atoms with Crippen LogP contribution < -0.4 is 4.90 Å². The van der Waals surface area contributed by atoms with E-state index in [-0.39, 0.29) is 0 Å². The van der Waals surface area contributed by atoms with Crippen LogP contribution in [0.25, 0.3) is 0 Å². The van der Waals surface area contributed by atoms with E-state index < -0.39 is 0 Å². The number of likely N-dealkylation sites (tertiary alicyclic amines) is 1. The van der Waals surface area contributed by atoms with Crippen molar-refractivity contribution in [2.45, 2.75) is 19.9 Å². The maximum atomic E-state index is 2.64. The molecule has 1 aromatic rings. The second-order valence-electron chi connectivity index (χ2n) is 5.81. The van der Waals surface area contributed by atoms with E-state index >= 15 is 0 Å². The van der Waals surface area contributed by atoms with E-state index in [9.17, 15) is 0 Å². The molecule has 0 aromatic heterocycles. The van der Waals surface area contributed by atoms with Gasteiger partial charge in [-0.3, -0.25) is 0 Å². The normalized spacial score (nSPS) is 29.0. The quantitative estimate of drug-likeness (QED) is 0.770. The molecule has 2 atom stereocenters. The Morgan fingerprint density at radius 1 is 0.941 bits per heavy atom. The third kappa shape index (κ3) is 2.06. The molecule has 0 amide bonds. The van der Waals surface area contributed by atoms with Gasteiger partial charge < -0.3 is 9.80 Å². The van der Waals surface area contributed by atoms with Crippen LogP contribution in [-0.4, -0.2) is 37.1 Å². The SMILES string of the molecule is CC(C)N1CC2CN(c3ccccc3)CC2C1. The molecule has 2 nitrogen and oxygen atoms in total. The van der Waals surface area contributed by atoms with Crippen molar-refractivity contribution in [3.8, 4) is 0 Å². The summed E-state index contributed by atoms with van der Waals surface area (Å²) < 4.78 is 0. The molecule has 0 bridgehead atoms. The van der Waals surface area contributed by atoms with Crippen molar-refractivity contribution in [1.82, 2.24) is 4.90 Å². The number of benzene rings is 1. The molecule has 2 fully saturated rings. The molecule has 0 spiro atoms. The molecule has 17 heavy (non-hydrogen) atoms. The van der Waals surface area contributed by atoms with E-state index in [0.29, 0.717) is 6.04 Å². The summed E-state index contributed by atoms with van der Waals surface area (Å²) in [5.41, 5.74) is 1.40. The van der Waals surface area contributed by atoms with Crippen molar-refractivity contribution in [2.75, 3.05) is 31.1 Å². The van der Waals surface area contributed by atoms with E-state index in [2.05, 4.69) is 54.0 Å². The molecule has 2 unspecified atom stereocenters. The van der Waals surface area contributed by atoms with Crippen molar-refractivity contribution < 1.29 is 0 Å². The lowest BCUT2D eigenvalue weighted by molar-refractivity contribution is 0.258. The second kappa shape index (κ2) is 4.34. The van der Waals surface area contributed by atoms with Gasteiger partial charge >= 0.3 is 0 Å². The minimum absolute atomic E-state index is 0.714. The Morgan fingerprint density at radius 2 is 1.53 bits per heavy atom. The van der Waals surface area contributed by atoms with Gasteiger partial charge in [0.2, 0.25) is 0 Å². The molecular formula is C15H22N2. The number of nitrogens with zero attached hydrogens (tertiary/aromatic N) is 2. The number of hydrogen-bond donors (Lipinski definition) is 0. The van der Waals surface area contributed by atoms with Gasteiger partial charge in [-0.25, -0.2) is 0 Å². The minimum Gasteiger partial charge on any atom is -0.371 e. The van der Waals surface area contributed by atoms with Gasteiger partial charge in [-0.05, 0) is 37.8 Å². The van der Waals surface area contributed by atoms with E-state index in [1.54, 1.807) is 0 Å². The van der Waals surface area contributed by atoms with Crippen LogP contribution in [0.2, 0.25) is 0 Å². The minimum atomic E-state index is 0.714. The van der Waals surface area contributed by atoms with Crippen LogP contribution in [0.5, 0.6) is 0 Å². The number of hydrogen-bond acceptors (Lipinski definition) is 2. The van der Waals surface area contributed by atoms with Gasteiger partial charge in [0.25, 0.3) is 0 Å². The second-order valence-corrected chi connectivity index (χ2v) is 5.81. The molecule has 2 aliphatic rings. The number of para-hydroxylation sites is 1.